The summed E-state index contributed by atoms with van der Waals surface area (Å²) in [6, 6.07) is 11.2. The van der Waals surface area contributed by atoms with Crippen LogP contribution >= 0.6 is 0 Å². The first-order chi connectivity index (χ1) is 12.8. The molecule has 1 heterocycles. The first-order valence-electron chi connectivity index (χ1n) is 8.58. The van der Waals surface area contributed by atoms with E-state index in [1.54, 1.807) is 0 Å². The standard InChI is InChI=1S/C19H21FN2O4S/c1-13-11-22(12-14(2)26-13)27(24,25)18-5-3-4-15(10-18)19(23)21-17-8-6-16(20)7-9-17/h3-10,13-14H,11-12H2,1-2H3,(H,21,23). The molecule has 1 fully saturated rings. The average molecular weight is 392 g/mol. The van der Waals surface area contributed by atoms with Gasteiger partial charge in [0.05, 0.1) is 17.1 Å². The van der Waals surface area contributed by atoms with Crippen LogP contribution in [0.3, 0.4) is 0 Å². The normalized spacial score (nSPS) is 21.0. The van der Waals surface area contributed by atoms with Crippen molar-refractivity contribution in [2.24, 2.45) is 0 Å². The Morgan fingerprint density at radius 1 is 1.11 bits per heavy atom. The number of carbonyl (C=O) groups excluding carboxylic acids is 1. The number of ether oxygens (including phenoxy) is 1. The van der Waals surface area contributed by atoms with E-state index in [9.17, 15) is 17.6 Å². The molecule has 1 aliphatic heterocycles. The average Bonchev–Trinajstić information content (AvgIpc) is 2.63. The van der Waals surface area contributed by atoms with Crippen LogP contribution in [0.5, 0.6) is 0 Å². The van der Waals surface area contributed by atoms with E-state index in [4.69, 9.17) is 4.74 Å². The predicted octanol–water partition coefficient (Wildman–Crippen LogP) is 2.88. The number of amides is 1. The van der Waals surface area contributed by atoms with Crippen molar-refractivity contribution in [2.75, 3.05) is 18.4 Å². The van der Waals surface area contributed by atoms with Crippen molar-refractivity contribution >= 4 is 21.6 Å². The predicted molar refractivity (Wildman–Crippen MR) is 99.6 cm³/mol. The Morgan fingerprint density at radius 2 is 1.74 bits per heavy atom. The van der Waals surface area contributed by atoms with E-state index >= 15 is 0 Å². The number of sulfonamides is 1. The maximum absolute atomic E-state index is 13.0. The van der Waals surface area contributed by atoms with Crippen molar-refractivity contribution in [1.82, 2.24) is 4.31 Å². The number of hydrogen-bond donors (Lipinski definition) is 1. The maximum Gasteiger partial charge on any atom is 0.255 e. The Hall–Kier alpha value is -2.29. The fourth-order valence-electron chi connectivity index (χ4n) is 3.01. The largest absolute Gasteiger partial charge is 0.373 e. The van der Waals surface area contributed by atoms with Gasteiger partial charge in [-0.1, -0.05) is 6.07 Å². The van der Waals surface area contributed by atoms with Crippen molar-refractivity contribution in [3.8, 4) is 0 Å². The smallest absolute Gasteiger partial charge is 0.255 e. The Labute approximate surface area is 158 Å². The lowest BCUT2D eigenvalue weighted by molar-refractivity contribution is -0.0440. The summed E-state index contributed by atoms with van der Waals surface area (Å²) >= 11 is 0. The molecule has 0 saturated carbocycles. The lowest BCUT2D eigenvalue weighted by atomic mass is 10.2. The van der Waals surface area contributed by atoms with Crippen molar-refractivity contribution in [1.29, 1.82) is 0 Å². The number of benzene rings is 2. The van der Waals surface area contributed by atoms with Crippen molar-refractivity contribution < 1.29 is 22.3 Å². The molecule has 2 aromatic rings. The molecule has 144 valence electrons. The second-order valence-electron chi connectivity index (χ2n) is 6.57. The summed E-state index contributed by atoms with van der Waals surface area (Å²) < 4.78 is 45.8. The fraction of sp³-hybridized carbons (Fsp3) is 0.316. The number of nitrogens with one attached hydrogen (secondary N) is 1. The molecule has 0 aromatic heterocycles. The number of halogens is 1. The second kappa shape index (κ2) is 7.75. The number of carbonyl (C=O) groups is 1. The van der Waals surface area contributed by atoms with Crippen LogP contribution in [0.4, 0.5) is 10.1 Å². The molecular formula is C19H21FN2O4S. The zero-order chi connectivity index (χ0) is 19.6. The Bertz CT molecular complexity index is 921. The van der Waals surface area contributed by atoms with E-state index in [0.29, 0.717) is 5.69 Å². The number of rotatable bonds is 4. The first-order valence-corrected chi connectivity index (χ1v) is 10.0. The topological polar surface area (TPSA) is 75.7 Å². The number of nitrogens with zero attached hydrogens (tertiary/aromatic N) is 1. The highest BCUT2D eigenvalue weighted by molar-refractivity contribution is 7.89. The van der Waals surface area contributed by atoms with Crippen LogP contribution in [0.25, 0.3) is 0 Å². The SMILES string of the molecule is CC1CN(S(=O)(=O)c2cccc(C(=O)Nc3ccc(F)cc3)c2)CC(C)O1. The lowest BCUT2D eigenvalue weighted by Crippen LogP contribution is -2.48. The minimum Gasteiger partial charge on any atom is -0.373 e. The number of anilines is 1. The third-order valence-electron chi connectivity index (χ3n) is 4.22. The van der Waals surface area contributed by atoms with Crippen LogP contribution in [0.2, 0.25) is 0 Å². The van der Waals surface area contributed by atoms with E-state index in [1.165, 1.54) is 52.8 Å². The van der Waals surface area contributed by atoms with Gasteiger partial charge in [-0.25, -0.2) is 12.8 Å². The third-order valence-corrected chi connectivity index (χ3v) is 6.05. The monoisotopic (exact) mass is 392 g/mol. The first kappa shape index (κ1) is 19.5. The highest BCUT2D eigenvalue weighted by Crippen LogP contribution is 2.22. The van der Waals surface area contributed by atoms with Gasteiger partial charge < -0.3 is 10.1 Å². The van der Waals surface area contributed by atoms with Gasteiger partial charge in [-0.05, 0) is 56.3 Å². The molecule has 1 saturated heterocycles. The number of morpholine rings is 1. The van der Waals surface area contributed by atoms with Gasteiger partial charge in [0.1, 0.15) is 5.82 Å². The summed E-state index contributed by atoms with van der Waals surface area (Å²) in [4.78, 5) is 12.5. The van der Waals surface area contributed by atoms with Crippen LogP contribution in [0, 0.1) is 5.82 Å². The molecule has 6 nitrogen and oxygen atoms in total. The van der Waals surface area contributed by atoms with E-state index in [1.807, 2.05) is 13.8 Å². The van der Waals surface area contributed by atoms with E-state index in [-0.39, 0.29) is 35.8 Å². The van der Waals surface area contributed by atoms with E-state index < -0.39 is 21.7 Å². The molecular weight excluding hydrogens is 371 g/mol. The van der Waals surface area contributed by atoms with Gasteiger partial charge in [-0.3, -0.25) is 4.79 Å². The zero-order valence-electron chi connectivity index (χ0n) is 15.1. The van der Waals surface area contributed by atoms with Gasteiger partial charge in [0.2, 0.25) is 10.0 Å². The maximum atomic E-state index is 13.0. The number of hydrogen-bond acceptors (Lipinski definition) is 4. The molecule has 8 heteroatoms. The molecule has 1 amide bonds. The molecule has 0 aliphatic carbocycles. The van der Waals surface area contributed by atoms with Gasteiger partial charge in [0.15, 0.2) is 0 Å². The Kier molecular flexibility index (Phi) is 5.59. The van der Waals surface area contributed by atoms with Crippen LogP contribution in [-0.2, 0) is 14.8 Å². The second-order valence-corrected chi connectivity index (χ2v) is 8.51. The van der Waals surface area contributed by atoms with Crippen LogP contribution in [0.15, 0.2) is 53.4 Å². The summed E-state index contributed by atoms with van der Waals surface area (Å²) in [5.41, 5.74) is 0.625. The minimum atomic E-state index is -3.74. The molecule has 1 N–H and O–H groups in total. The molecule has 2 aromatic carbocycles. The molecule has 2 atom stereocenters. The molecule has 0 radical (unpaired) electrons. The molecule has 2 unspecified atom stereocenters. The van der Waals surface area contributed by atoms with Gasteiger partial charge in [0.25, 0.3) is 5.91 Å². The van der Waals surface area contributed by atoms with Crippen molar-refractivity contribution in [2.45, 2.75) is 31.0 Å². The summed E-state index contributed by atoms with van der Waals surface area (Å²) in [6.07, 6.45) is -0.401. The molecule has 3 rings (SSSR count). The fourth-order valence-corrected chi connectivity index (χ4v) is 4.65. The van der Waals surface area contributed by atoms with Gasteiger partial charge in [0, 0.05) is 24.3 Å². The summed E-state index contributed by atoms with van der Waals surface area (Å²) in [6.45, 7) is 4.17. The summed E-state index contributed by atoms with van der Waals surface area (Å²) in [7, 11) is -3.74. The summed E-state index contributed by atoms with van der Waals surface area (Å²) in [5.74, 6) is -0.877. The van der Waals surface area contributed by atoms with Gasteiger partial charge in [-0.2, -0.15) is 4.31 Å². The van der Waals surface area contributed by atoms with Crippen molar-refractivity contribution in [3.05, 3.63) is 59.9 Å². The minimum absolute atomic E-state index is 0.0514. The van der Waals surface area contributed by atoms with E-state index in [2.05, 4.69) is 5.32 Å². The Morgan fingerprint density at radius 3 is 2.37 bits per heavy atom. The summed E-state index contributed by atoms with van der Waals surface area (Å²) in [5, 5.41) is 2.62. The quantitative estimate of drug-likeness (QED) is 0.868. The highest BCUT2D eigenvalue weighted by Gasteiger charge is 2.32. The van der Waals surface area contributed by atoms with E-state index in [0.717, 1.165) is 0 Å². The van der Waals surface area contributed by atoms with Gasteiger partial charge >= 0.3 is 0 Å². The molecule has 1 aliphatic rings. The third kappa shape index (κ3) is 4.52. The van der Waals surface area contributed by atoms with Crippen LogP contribution in [0.1, 0.15) is 24.2 Å². The molecule has 0 bridgehead atoms. The van der Waals surface area contributed by atoms with Crippen molar-refractivity contribution in [3.63, 3.8) is 0 Å². The molecule has 27 heavy (non-hydrogen) atoms. The highest BCUT2D eigenvalue weighted by atomic mass is 32.2. The zero-order valence-corrected chi connectivity index (χ0v) is 15.9. The van der Waals surface area contributed by atoms with Crippen LogP contribution < -0.4 is 5.32 Å². The van der Waals surface area contributed by atoms with Gasteiger partial charge in [-0.15, -0.1) is 0 Å². The lowest BCUT2D eigenvalue weighted by Gasteiger charge is -2.34. The molecule has 0 spiro atoms. The Balaban J connectivity index is 1.82. The van der Waals surface area contributed by atoms with Crippen LogP contribution in [-0.4, -0.2) is 43.9 Å².